The molecule has 0 aliphatic carbocycles. The summed E-state index contributed by atoms with van der Waals surface area (Å²) in [6.07, 6.45) is 8.58. The number of benzene rings is 1. The van der Waals surface area contributed by atoms with Crippen molar-refractivity contribution in [2.24, 2.45) is 0 Å². The molecule has 72 valence electrons. The molecule has 0 aliphatic rings. The van der Waals surface area contributed by atoms with Gasteiger partial charge in [-0.15, -0.1) is 6.42 Å². The first-order chi connectivity index (χ1) is 7.40. The molecule has 1 aromatic heterocycles. The average molecular weight is 194 g/mol. The Hall–Kier alpha value is -2.27. The van der Waals surface area contributed by atoms with Gasteiger partial charge in [-0.05, 0) is 18.2 Å². The quantitative estimate of drug-likeness (QED) is 0.731. The Labute approximate surface area is 88.7 Å². The van der Waals surface area contributed by atoms with Gasteiger partial charge >= 0.3 is 0 Å². The van der Waals surface area contributed by atoms with Crippen molar-refractivity contribution in [3.8, 4) is 23.6 Å². The highest BCUT2D eigenvalue weighted by atomic mass is 15.1. The molecule has 1 N–H and O–H groups in total. The van der Waals surface area contributed by atoms with Crippen molar-refractivity contribution in [2.75, 3.05) is 0 Å². The average Bonchev–Trinajstić information content (AvgIpc) is 2.76. The van der Waals surface area contributed by atoms with E-state index in [1.165, 1.54) is 0 Å². The van der Waals surface area contributed by atoms with Gasteiger partial charge in [-0.1, -0.05) is 36.3 Å². The molecule has 0 unspecified atom stereocenters. The van der Waals surface area contributed by atoms with Crippen LogP contribution in [0, 0.1) is 12.3 Å². The van der Waals surface area contributed by atoms with E-state index in [0.29, 0.717) is 0 Å². The Balaban J connectivity index is 2.29. The molecule has 15 heavy (non-hydrogen) atoms. The standard InChI is InChI=1S/C13H10N2/c1-2-3-9-12-10-13(15-14-12)11-7-5-4-6-8-11/h1,3-10H,(H,14,15)/b9-3+. The van der Waals surface area contributed by atoms with Gasteiger partial charge < -0.3 is 0 Å². The summed E-state index contributed by atoms with van der Waals surface area (Å²) in [4.78, 5) is 0. The van der Waals surface area contributed by atoms with Gasteiger partial charge in [0.15, 0.2) is 0 Å². The third kappa shape index (κ3) is 2.15. The van der Waals surface area contributed by atoms with E-state index in [-0.39, 0.29) is 0 Å². The van der Waals surface area contributed by atoms with Gasteiger partial charge in [-0.3, -0.25) is 5.10 Å². The van der Waals surface area contributed by atoms with Gasteiger partial charge in [0.05, 0.1) is 11.4 Å². The second kappa shape index (κ2) is 4.30. The number of hydrogen-bond donors (Lipinski definition) is 1. The van der Waals surface area contributed by atoms with Gasteiger partial charge in [0, 0.05) is 5.56 Å². The molecule has 2 nitrogen and oxygen atoms in total. The minimum Gasteiger partial charge on any atom is -0.278 e. The highest BCUT2D eigenvalue weighted by Gasteiger charge is 2.00. The van der Waals surface area contributed by atoms with Crippen LogP contribution in [-0.4, -0.2) is 10.2 Å². The third-order valence-corrected chi connectivity index (χ3v) is 2.03. The van der Waals surface area contributed by atoms with Crippen LogP contribution in [0.5, 0.6) is 0 Å². The van der Waals surface area contributed by atoms with Crippen molar-refractivity contribution in [3.63, 3.8) is 0 Å². The summed E-state index contributed by atoms with van der Waals surface area (Å²) >= 11 is 0. The number of hydrogen-bond acceptors (Lipinski definition) is 1. The van der Waals surface area contributed by atoms with E-state index >= 15 is 0 Å². The van der Waals surface area contributed by atoms with E-state index in [0.717, 1.165) is 17.0 Å². The lowest BCUT2D eigenvalue weighted by molar-refractivity contribution is 1.08. The predicted molar refractivity (Wildman–Crippen MR) is 61.9 cm³/mol. The van der Waals surface area contributed by atoms with Crippen LogP contribution in [-0.2, 0) is 0 Å². The fourth-order valence-corrected chi connectivity index (χ4v) is 1.32. The number of H-pyrrole nitrogens is 1. The minimum atomic E-state index is 0.909. The van der Waals surface area contributed by atoms with Gasteiger partial charge in [-0.25, -0.2) is 0 Å². The molecule has 1 heterocycles. The second-order valence-electron chi connectivity index (χ2n) is 3.07. The van der Waals surface area contributed by atoms with Gasteiger partial charge in [0.2, 0.25) is 0 Å². The number of nitrogens with one attached hydrogen (secondary N) is 1. The van der Waals surface area contributed by atoms with Crippen LogP contribution in [0.3, 0.4) is 0 Å². The zero-order valence-corrected chi connectivity index (χ0v) is 8.14. The van der Waals surface area contributed by atoms with Crippen molar-refractivity contribution in [2.45, 2.75) is 0 Å². The monoisotopic (exact) mass is 194 g/mol. The summed E-state index contributed by atoms with van der Waals surface area (Å²) in [5.41, 5.74) is 2.92. The van der Waals surface area contributed by atoms with Crippen molar-refractivity contribution >= 4 is 6.08 Å². The molecule has 2 rings (SSSR count). The highest BCUT2D eigenvalue weighted by Crippen LogP contribution is 2.17. The molecular weight excluding hydrogens is 184 g/mol. The molecule has 2 aromatic rings. The minimum absolute atomic E-state index is 0.909. The lowest BCUT2D eigenvalue weighted by Crippen LogP contribution is -1.75. The maximum absolute atomic E-state index is 5.12. The lowest BCUT2D eigenvalue weighted by Gasteiger charge is -1.92. The summed E-state index contributed by atoms with van der Waals surface area (Å²) in [6, 6.07) is 12.0. The van der Waals surface area contributed by atoms with Gasteiger partial charge in [0.25, 0.3) is 0 Å². The first-order valence-electron chi connectivity index (χ1n) is 4.63. The molecular formula is C13H10N2. The zero-order valence-electron chi connectivity index (χ0n) is 8.14. The molecule has 0 fully saturated rings. The Kier molecular flexibility index (Phi) is 2.66. The largest absolute Gasteiger partial charge is 0.278 e. The summed E-state index contributed by atoms with van der Waals surface area (Å²) < 4.78 is 0. The lowest BCUT2D eigenvalue weighted by atomic mass is 10.1. The van der Waals surface area contributed by atoms with Crippen molar-refractivity contribution < 1.29 is 0 Å². The molecule has 0 radical (unpaired) electrons. The van der Waals surface area contributed by atoms with Crippen LogP contribution in [0.4, 0.5) is 0 Å². The summed E-state index contributed by atoms with van der Waals surface area (Å²) in [5.74, 6) is 2.44. The topological polar surface area (TPSA) is 28.7 Å². The molecule has 2 heteroatoms. The Morgan fingerprint density at radius 2 is 2.07 bits per heavy atom. The second-order valence-corrected chi connectivity index (χ2v) is 3.07. The smallest absolute Gasteiger partial charge is 0.0926 e. The van der Waals surface area contributed by atoms with Crippen LogP contribution in [0.1, 0.15) is 5.69 Å². The van der Waals surface area contributed by atoms with Crippen molar-refractivity contribution in [3.05, 3.63) is 48.2 Å². The Morgan fingerprint density at radius 1 is 1.27 bits per heavy atom. The van der Waals surface area contributed by atoms with Crippen LogP contribution >= 0.6 is 0 Å². The number of allylic oxidation sites excluding steroid dienone is 1. The normalized spacial score (nSPS) is 10.3. The number of nitrogens with zero attached hydrogens (tertiary/aromatic N) is 1. The first-order valence-corrected chi connectivity index (χ1v) is 4.63. The maximum atomic E-state index is 5.12. The van der Waals surface area contributed by atoms with E-state index in [1.807, 2.05) is 42.5 Å². The van der Waals surface area contributed by atoms with Crippen LogP contribution in [0.2, 0.25) is 0 Å². The van der Waals surface area contributed by atoms with Crippen molar-refractivity contribution in [1.29, 1.82) is 0 Å². The Morgan fingerprint density at radius 3 is 2.80 bits per heavy atom. The molecule has 0 amide bonds. The third-order valence-electron chi connectivity index (χ3n) is 2.03. The highest BCUT2D eigenvalue weighted by molar-refractivity contribution is 5.62. The molecule has 0 saturated carbocycles. The molecule has 0 atom stereocenters. The maximum Gasteiger partial charge on any atom is 0.0926 e. The zero-order chi connectivity index (χ0) is 10.5. The van der Waals surface area contributed by atoms with Crippen LogP contribution < -0.4 is 0 Å². The summed E-state index contributed by atoms with van der Waals surface area (Å²) in [7, 11) is 0. The van der Waals surface area contributed by atoms with Gasteiger partial charge in [0.1, 0.15) is 0 Å². The molecule has 0 bridgehead atoms. The number of aromatic nitrogens is 2. The number of terminal acetylenes is 1. The van der Waals surface area contributed by atoms with E-state index < -0.39 is 0 Å². The van der Waals surface area contributed by atoms with E-state index in [1.54, 1.807) is 6.08 Å². The summed E-state index contributed by atoms with van der Waals surface area (Å²) in [5, 5.41) is 7.10. The fraction of sp³-hybridized carbons (Fsp3) is 0. The molecule has 1 aromatic carbocycles. The van der Waals surface area contributed by atoms with Crippen LogP contribution in [0.25, 0.3) is 17.3 Å². The number of rotatable bonds is 2. The van der Waals surface area contributed by atoms with Crippen LogP contribution in [0.15, 0.2) is 42.5 Å². The molecule has 0 aliphatic heterocycles. The van der Waals surface area contributed by atoms with Crippen molar-refractivity contribution in [1.82, 2.24) is 10.2 Å². The Bertz CT molecular complexity index is 501. The fourth-order valence-electron chi connectivity index (χ4n) is 1.32. The SMILES string of the molecule is C#C/C=C/c1cc(-c2ccccc2)n[nH]1. The molecule has 0 spiro atoms. The van der Waals surface area contributed by atoms with E-state index in [9.17, 15) is 0 Å². The van der Waals surface area contributed by atoms with Gasteiger partial charge in [-0.2, -0.15) is 5.10 Å². The molecule has 0 saturated heterocycles. The first kappa shape index (κ1) is 9.29. The number of aromatic amines is 1. The van der Waals surface area contributed by atoms with E-state index in [4.69, 9.17) is 6.42 Å². The predicted octanol–water partition coefficient (Wildman–Crippen LogP) is 2.72. The van der Waals surface area contributed by atoms with E-state index in [2.05, 4.69) is 16.1 Å². The summed E-state index contributed by atoms with van der Waals surface area (Å²) in [6.45, 7) is 0.